The van der Waals surface area contributed by atoms with Crippen molar-refractivity contribution in [2.24, 2.45) is 0 Å². The molecule has 2 N–H and O–H groups in total. The van der Waals surface area contributed by atoms with Crippen molar-refractivity contribution in [1.29, 1.82) is 0 Å². The zero-order valence-electron chi connectivity index (χ0n) is 18.8. The molecule has 0 heterocycles. The summed E-state index contributed by atoms with van der Waals surface area (Å²) in [6.45, 7) is 6.06. The summed E-state index contributed by atoms with van der Waals surface area (Å²) in [5.41, 5.74) is 0. The first-order valence-corrected chi connectivity index (χ1v) is 12.0. The molecule has 0 aromatic carbocycles. The van der Waals surface area contributed by atoms with Gasteiger partial charge >= 0.3 is 0 Å². The van der Waals surface area contributed by atoms with Gasteiger partial charge in [0.2, 0.25) is 0 Å². The Bertz CT molecular complexity index is 304. The van der Waals surface area contributed by atoms with E-state index in [-0.39, 0.29) is 13.2 Å². The van der Waals surface area contributed by atoms with Gasteiger partial charge in [-0.2, -0.15) is 0 Å². The van der Waals surface area contributed by atoms with Crippen LogP contribution in [0.3, 0.4) is 0 Å². The molecule has 168 valence electrons. The Kier molecular flexibility index (Phi) is 24.2. The molecule has 0 atom stereocenters. The predicted molar refractivity (Wildman–Crippen MR) is 121 cm³/mol. The predicted octanol–water partition coefficient (Wildman–Crippen LogP) is 5.33. The van der Waals surface area contributed by atoms with Gasteiger partial charge in [0.1, 0.15) is 0 Å². The summed E-state index contributed by atoms with van der Waals surface area (Å²) in [6.07, 6.45) is 23.3. The molecule has 0 saturated heterocycles. The molecule has 4 nitrogen and oxygen atoms in total. The number of nitrogens with zero attached hydrogens (tertiary/aromatic N) is 1. The summed E-state index contributed by atoms with van der Waals surface area (Å²) >= 11 is 0. The number of ether oxygens (including phenoxy) is 1. The molecule has 0 aromatic rings. The van der Waals surface area contributed by atoms with Gasteiger partial charge in [-0.3, -0.25) is 4.90 Å². The molecule has 0 aliphatic carbocycles. The van der Waals surface area contributed by atoms with Crippen LogP contribution in [0.5, 0.6) is 0 Å². The molecule has 0 aliphatic rings. The summed E-state index contributed by atoms with van der Waals surface area (Å²) < 4.78 is 5.66. The average molecular weight is 400 g/mol. The van der Waals surface area contributed by atoms with Gasteiger partial charge in [-0.15, -0.1) is 0 Å². The van der Waals surface area contributed by atoms with Crippen molar-refractivity contribution < 1.29 is 14.9 Å². The maximum atomic E-state index is 8.95. The van der Waals surface area contributed by atoms with E-state index in [0.717, 1.165) is 19.6 Å². The van der Waals surface area contributed by atoms with Gasteiger partial charge in [0.25, 0.3) is 0 Å². The largest absolute Gasteiger partial charge is 0.395 e. The Morgan fingerprint density at radius 2 is 1.11 bits per heavy atom. The molecule has 0 rings (SSSR count). The second-order valence-corrected chi connectivity index (χ2v) is 7.84. The number of allylic oxidation sites excluding steroid dienone is 2. The van der Waals surface area contributed by atoms with Crippen LogP contribution >= 0.6 is 0 Å². The van der Waals surface area contributed by atoms with E-state index in [2.05, 4.69) is 19.1 Å². The lowest BCUT2D eigenvalue weighted by Gasteiger charge is -2.19. The third-order valence-electron chi connectivity index (χ3n) is 5.18. The lowest BCUT2D eigenvalue weighted by molar-refractivity contribution is 0.0849. The smallest absolute Gasteiger partial charge is 0.0593 e. The Hall–Kier alpha value is -0.420. The van der Waals surface area contributed by atoms with Crippen LogP contribution in [0.1, 0.15) is 96.8 Å². The van der Waals surface area contributed by atoms with E-state index in [0.29, 0.717) is 19.7 Å². The van der Waals surface area contributed by atoms with Gasteiger partial charge in [0, 0.05) is 26.2 Å². The number of hydrogen-bond acceptors (Lipinski definition) is 4. The minimum atomic E-state index is 0.134. The number of rotatable bonds is 23. The van der Waals surface area contributed by atoms with E-state index in [1.807, 2.05) is 4.90 Å². The highest BCUT2D eigenvalue weighted by Crippen LogP contribution is 2.10. The molecule has 28 heavy (non-hydrogen) atoms. The first-order valence-electron chi connectivity index (χ1n) is 12.0. The van der Waals surface area contributed by atoms with Crippen molar-refractivity contribution in [2.75, 3.05) is 46.1 Å². The van der Waals surface area contributed by atoms with Crippen LogP contribution in [0.2, 0.25) is 0 Å². The summed E-state index contributed by atoms with van der Waals surface area (Å²) in [4.78, 5) is 2.03. The van der Waals surface area contributed by atoms with E-state index in [1.54, 1.807) is 0 Å². The van der Waals surface area contributed by atoms with E-state index in [4.69, 9.17) is 14.9 Å². The summed E-state index contributed by atoms with van der Waals surface area (Å²) in [5.74, 6) is 0. The topological polar surface area (TPSA) is 52.9 Å². The molecule has 0 saturated carbocycles. The SMILES string of the molecule is CCCCCCCCC=CCCCCCCCCOCCN(CCO)CCO. The second kappa shape index (κ2) is 24.6. The number of aliphatic hydroxyl groups excluding tert-OH is 2. The van der Waals surface area contributed by atoms with Crippen molar-refractivity contribution >= 4 is 0 Å². The Morgan fingerprint density at radius 1 is 0.607 bits per heavy atom. The van der Waals surface area contributed by atoms with E-state index >= 15 is 0 Å². The average Bonchev–Trinajstić information content (AvgIpc) is 2.70. The van der Waals surface area contributed by atoms with Crippen molar-refractivity contribution in [1.82, 2.24) is 4.90 Å². The molecule has 0 fully saturated rings. The first kappa shape index (κ1) is 27.6. The molecule has 0 unspecified atom stereocenters. The van der Waals surface area contributed by atoms with Gasteiger partial charge in [0.05, 0.1) is 19.8 Å². The molecule has 0 spiro atoms. The van der Waals surface area contributed by atoms with Gasteiger partial charge in [-0.05, 0) is 32.1 Å². The number of hydrogen-bond donors (Lipinski definition) is 2. The van der Waals surface area contributed by atoms with Crippen LogP contribution in [-0.4, -0.2) is 61.2 Å². The summed E-state index contributed by atoms with van der Waals surface area (Å²) in [6, 6.07) is 0. The lowest BCUT2D eigenvalue weighted by Crippen LogP contribution is -2.33. The molecule has 0 aromatic heterocycles. The molecular weight excluding hydrogens is 350 g/mol. The highest BCUT2D eigenvalue weighted by molar-refractivity contribution is 4.81. The Morgan fingerprint density at radius 3 is 1.64 bits per heavy atom. The maximum absolute atomic E-state index is 8.95. The normalized spacial score (nSPS) is 11.9. The highest BCUT2D eigenvalue weighted by Gasteiger charge is 2.02. The van der Waals surface area contributed by atoms with Gasteiger partial charge in [-0.1, -0.05) is 76.9 Å². The van der Waals surface area contributed by atoms with Crippen LogP contribution in [-0.2, 0) is 4.74 Å². The van der Waals surface area contributed by atoms with E-state index in [1.165, 1.54) is 83.5 Å². The van der Waals surface area contributed by atoms with Gasteiger partial charge < -0.3 is 14.9 Å². The summed E-state index contributed by atoms with van der Waals surface area (Å²) in [7, 11) is 0. The van der Waals surface area contributed by atoms with Crippen molar-refractivity contribution in [3.05, 3.63) is 12.2 Å². The standard InChI is InChI=1S/C24H49NO3/c1-2-3-4-5-6-7-8-9-10-11-12-13-14-15-16-17-23-28-24-20-25(18-21-26)19-22-27/h9-10,26-27H,2-8,11-24H2,1H3. The third-order valence-corrected chi connectivity index (χ3v) is 5.18. The fourth-order valence-corrected chi connectivity index (χ4v) is 3.37. The molecule has 0 aliphatic heterocycles. The number of aliphatic hydroxyl groups is 2. The van der Waals surface area contributed by atoms with Crippen LogP contribution in [0.15, 0.2) is 12.2 Å². The molecule has 0 radical (unpaired) electrons. The third kappa shape index (κ3) is 21.9. The first-order chi connectivity index (χ1) is 13.8. The van der Waals surface area contributed by atoms with E-state index in [9.17, 15) is 0 Å². The maximum Gasteiger partial charge on any atom is 0.0593 e. The minimum Gasteiger partial charge on any atom is -0.395 e. The zero-order chi connectivity index (χ0) is 20.5. The fraction of sp³-hybridized carbons (Fsp3) is 0.917. The van der Waals surface area contributed by atoms with Crippen LogP contribution in [0.4, 0.5) is 0 Å². The fourth-order valence-electron chi connectivity index (χ4n) is 3.37. The Labute approximate surface area is 175 Å². The van der Waals surface area contributed by atoms with Crippen LogP contribution in [0, 0.1) is 0 Å². The summed E-state index contributed by atoms with van der Waals surface area (Å²) in [5, 5.41) is 17.9. The monoisotopic (exact) mass is 399 g/mol. The van der Waals surface area contributed by atoms with Crippen molar-refractivity contribution in [3.8, 4) is 0 Å². The lowest BCUT2D eigenvalue weighted by atomic mass is 10.1. The molecule has 0 bridgehead atoms. The Balaban J connectivity index is 3.20. The second-order valence-electron chi connectivity index (χ2n) is 7.84. The quantitative estimate of drug-likeness (QED) is 0.180. The molecular formula is C24H49NO3. The van der Waals surface area contributed by atoms with Crippen LogP contribution < -0.4 is 0 Å². The highest BCUT2D eigenvalue weighted by atomic mass is 16.5. The zero-order valence-corrected chi connectivity index (χ0v) is 18.8. The van der Waals surface area contributed by atoms with Crippen molar-refractivity contribution in [2.45, 2.75) is 96.8 Å². The van der Waals surface area contributed by atoms with Crippen LogP contribution in [0.25, 0.3) is 0 Å². The minimum absolute atomic E-state index is 0.134. The van der Waals surface area contributed by atoms with Gasteiger partial charge in [-0.25, -0.2) is 0 Å². The number of unbranched alkanes of at least 4 members (excludes halogenated alkanes) is 12. The van der Waals surface area contributed by atoms with Gasteiger partial charge in [0.15, 0.2) is 0 Å². The van der Waals surface area contributed by atoms with Crippen molar-refractivity contribution in [3.63, 3.8) is 0 Å². The molecule has 4 heteroatoms. The van der Waals surface area contributed by atoms with E-state index < -0.39 is 0 Å². The molecule has 0 amide bonds.